The van der Waals surface area contributed by atoms with Crippen molar-refractivity contribution in [2.24, 2.45) is 0 Å². The fourth-order valence-electron chi connectivity index (χ4n) is 3.57. The second kappa shape index (κ2) is 6.11. The van der Waals surface area contributed by atoms with Crippen molar-refractivity contribution in [3.8, 4) is 11.5 Å². The Hall–Kier alpha value is -3.36. The lowest BCUT2D eigenvalue weighted by atomic mass is 10.00. The van der Waals surface area contributed by atoms with Gasteiger partial charge in [-0.25, -0.2) is 18.7 Å². The summed E-state index contributed by atoms with van der Waals surface area (Å²) in [5.74, 6) is 0.127. The van der Waals surface area contributed by atoms with Gasteiger partial charge in [-0.15, -0.1) is 0 Å². The molecule has 2 aromatic heterocycles. The first-order valence-corrected chi connectivity index (χ1v) is 8.52. The number of nitrogens with zero attached hydrogens (tertiary/aromatic N) is 4. The third-order valence-corrected chi connectivity index (χ3v) is 4.96. The van der Waals surface area contributed by atoms with Gasteiger partial charge in [0.05, 0.1) is 17.4 Å². The summed E-state index contributed by atoms with van der Waals surface area (Å²) in [6.45, 7) is 3.75. The van der Waals surface area contributed by atoms with Gasteiger partial charge in [-0.3, -0.25) is 4.57 Å². The van der Waals surface area contributed by atoms with E-state index in [0.717, 1.165) is 5.69 Å². The molecule has 0 saturated heterocycles. The topological polar surface area (TPSA) is 96.2 Å². The summed E-state index contributed by atoms with van der Waals surface area (Å²) in [6, 6.07) is 4.11. The number of imidazole rings is 1. The maximum Gasteiger partial charge on any atom is 0.407 e. The monoisotopic (exact) mass is 371 g/mol. The zero-order valence-electron chi connectivity index (χ0n) is 14.8. The average molecular weight is 371 g/mol. The van der Waals surface area contributed by atoms with Crippen molar-refractivity contribution >= 4 is 6.09 Å². The lowest BCUT2D eigenvalue weighted by Gasteiger charge is -2.31. The van der Waals surface area contributed by atoms with Gasteiger partial charge in [0.25, 0.3) is 0 Å². The molecule has 140 valence electrons. The summed E-state index contributed by atoms with van der Waals surface area (Å²) in [6.07, 6.45) is 2.49. The van der Waals surface area contributed by atoms with E-state index >= 15 is 0 Å². The highest BCUT2D eigenvalue weighted by Gasteiger charge is 2.34. The Morgan fingerprint density at radius 2 is 2.19 bits per heavy atom. The molecule has 27 heavy (non-hydrogen) atoms. The minimum atomic E-state index is -1.02. The number of benzene rings is 1. The van der Waals surface area contributed by atoms with Crippen molar-refractivity contribution in [3.63, 3.8) is 0 Å². The molecule has 1 atom stereocenters. The third kappa shape index (κ3) is 2.62. The highest BCUT2D eigenvalue weighted by molar-refractivity contribution is 5.67. The molecule has 8 nitrogen and oxygen atoms in total. The van der Waals surface area contributed by atoms with Crippen molar-refractivity contribution in [1.82, 2.24) is 24.2 Å². The Kier molecular flexibility index (Phi) is 3.87. The fraction of sp³-hybridized carbons (Fsp3) is 0.278. The van der Waals surface area contributed by atoms with E-state index in [0.29, 0.717) is 35.6 Å². The summed E-state index contributed by atoms with van der Waals surface area (Å²) in [5.41, 5.74) is 2.09. The molecule has 1 amide bonds. The molecule has 1 aromatic carbocycles. The number of aryl methyl sites for hydroxylation is 1. The second-order valence-electron chi connectivity index (χ2n) is 6.57. The van der Waals surface area contributed by atoms with Crippen molar-refractivity contribution in [1.29, 1.82) is 0 Å². The van der Waals surface area contributed by atoms with Gasteiger partial charge in [0.2, 0.25) is 0 Å². The quantitative estimate of drug-likeness (QED) is 0.723. The molecule has 0 radical (unpaired) electrons. The standard InChI is InChI=1S/C18H18FN5O3/c1-10-9-12(3-4-13(10)19)24-16(23-8-6-20-17(23)25)15-11(2)22(18(26)27)7-5-14(15)21-24/h3-4,6,8-9,11H,5,7H2,1-2H3,(H,20,25)(H,26,27)/t11-/m0/s1. The van der Waals surface area contributed by atoms with Gasteiger partial charge < -0.3 is 15.0 Å². The second-order valence-corrected chi connectivity index (χ2v) is 6.57. The van der Waals surface area contributed by atoms with Gasteiger partial charge in [-0.05, 0) is 37.6 Å². The molecule has 0 bridgehead atoms. The van der Waals surface area contributed by atoms with Crippen LogP contribution < -0.4 is 5.69 Å². The molecule has 4 rings (SSSR count). The van der Waals surface area contributed by atoms with Crippen LogP contribution >= 0.6 is 0 Å². The molecule has 1 aliphatic heterocycles. The molecular weight excluding hydrogens is 353 g/mol. The number of halogens is 1. The van der Waals surface area contributed by atoms with Gasteiger partial charge in [0, 0.05) is 30.9 Å². The molecule has 0 fully saturated rings. The highest BCUT2D eigenvalue weighted by Crippen LogP contribution is 2.35. The van der Waals surface area contributed by atoms with Crippen LogP contribution in [0.25, 0.3) is 11.5 Å². The molecule has 3 aromatic rings. The summed E-state index contributed by atoms with van der Waals surface area (Å²) < 4.78 is 16.7. The normalized spacial score (nSPS) is 16.4. The van der Waals surface area contributed by atoms with Gasteiger partial charge in [0.1, 0.15) is 11.6 Å². The first-order valence-electron chi connectivity index (χ1n) is 8.52. The zero-order chi connectivity index (χ0) is 19.3. The number of fused-ring (bicyclic) bond motifs is 1. The van der Waals surface area contributed by atoms with Crippen LogP contribution in [0, 0.1) is 12.7 Å². The van der Waals surface area contributed by atoms with E-state index < -0.39 is 12.1 Å². The van der Waals surface area contributed by atoms with Crippen LogP contribution in [-0.2, 0) is 6.42 Å². The summed E-state index contributed by atoms with van der Waals surface area (Å²) in [4.78, 5) is 27.8. The number of rotatable bonds is 2. The Balaban J connectivity index is 2.00. The first-order chi connectivity index (χ1) is 12.9. The molecule has 9 heteroatoms. The fourth-order valence-corrected chi connectivity index (χ4v) is 3.57. The number of carboxylic acid groups (broad SMARTS) is 1. The van der Waals surface area contributed by atoms with Crippen LogP contribution in [-0.4, -0.2) is 42.0 Å². The number of hydrogen-bond acceptors (Lipinski definition) is 3. The van der Waals surface area contributed by atoms with Gasteiger partial charge >= 0.3 is 11.8 Å². The van der Waals surface area contributed by atoms with Crippen molar-refractivity contribution in [3.05, 3.63) is 63.7 Å². The van der Waals surface area contributed by atoms with Crippen molar-refractivity contribution in [2.75, 3.05) is 6.54 Å². The van der Waals surface area contributed by atoms with E-state index in [-0.39, 0.29) is 11.5 Å². The predicted molar refractivity (Wildman–Crippen MR) is 95.1 cm³/mol. The maximum atomic E-state index is 13.7. The Morgan fingerprint density at radius 3 is 2.81 bits per heavy atom. The molecule has 0 unspecified atom stereocenters. The zero-order valence-corrected chi connectivity index (χ0v) is 14.8. The number of carbonyl (C=O) groups is 1. The highest BCUT2D eigenvalue weighted by atomic mass is 19.1. The van der Waals surface area contributed by atoms with E-state index in [1.54, 1.807) is 36.9 Å². The number of hydrogen-bond donors (Lipinski definition) is 2. The van der Waals surface area contributed by atoms with Crippen molar-refractivity contribution < 1.29 is 14.3 Å². The minimum Gasteiger partial charge on any atom is -0.465 e. The van der Waals surface area contributed by atoms with E-state index in [1.165, 1.54) is 21.7 Å². The van der Waals surface area contributed by atoms with Crippen LogP contribution in [0.15, 0.2) is 35.4 Å². The molecular formula is C18H18FN5O3. The van der Waals surface area contributed by atoms with Gasteiger partial charge in [-0.1, -0.05) is 0 Å². The number of aromatic nitrogens is 4. The average Bonchev–Trinajstić information content (AvgIpc) is 3.20. The van der Waals surface area contributed by atoms with E-state index in [9.17, 15) is 19.1 Å². The molecule has 1 aliphatic rings. The number of nitrogens with one attached hydrogen (secondary N) is 1. The minimum absolute atomic E-state index is 0.324. The SMILES string of the molecule is Cc1cc(-n2nc3c(c2-n2cc[nH]c2=O)[C@H](C)N(C(=O)O)CC3)ccc1F. The summed E-state index contributed by atoms with van der Waals surface area (Å²) >= 11 is 0. The van der Waals surface area contributed by atoms with Gasteiger partial charge in [-0.2, -0.15) is 5.10 Å². The van der Waals surface area contributed by atoms with Crippen LogP contribution in [0.1, 0.15) is 29.8 Å². The Morgan fingerprint density at radius 1 is 1.41 bits per heavy atom. The van der Waals surface area contributed by atoms with Crippen LogP contribution in [0.4, 0.5) is 9.18 Å². The van der Waals surface area contributed by atoms with Gasteiger partial charge in [0.15, 0.2) is 0 Å². The van der Waals surface area contributed by atoms with Crippen LogP contribution in [0.5, 0.6) is 0 Å². The lowest BCUT2D eigenvalue weighted by molar-refractivity contribution is 0.124. The predicted octanol–water partition coefficient (Wildman–Crippen LogP) is 2.40. The van der Waals surface area contributed by atoms with E-state index in [4.69, 9.17) is 0 Å². The number of amides is 1. The van der Waals surface area contributed by atoms with Crippen LogP contribution in [0.3, 0.4) is 0 Å². The number of H-pyrrole nitrogens is 1. The molecule has 0 aliphatic carbocycles. The smallest absolute Gasteiger partial charge is 0.407 e. The summed E-state index contributed by atoms with van der Waals surface area (Å²) in [5, 5.41) is 14.1. The van der Waals surface area contributed by atoms with E-state index in [1.807, 2.05) is 0 Å². The molecule has 2 N–H and O–H groups in total. The third-order valence-electron chi connectivity index (χ3n) is 4.96. The first kappa shape index (κ1) is 17.1. The summed E-state index contributed by atoms with van der Waals surface area (Å²) in [7, 11) is 0. The largest absolute Gasteiger partial charge is 0.465 e. The molecule has 3 heterocycles. The number of aromatic amines is 1. The van der Waals surface area contributed by atoms with Crippen molar-refractivity contribution in [2.45, 2.75) is 26.3 Å². The Bertz CT molecular complexity index is 1100. The maximum absolute atomic E-state index is 13.7. The van der Waals surface area contributed by atoms with Crippen LogP contribution in [0.2, 0.25) is 0 Å². The van der Waals surface area contributed by atoms with E-state index in [2.05, 4.69) is 10.1 Å². The lowest BCUT2D eigenvalue weighted by Crippen LogP contribution is -2.38. The Labute approximate surface area is 153 Å². The molecule has 0 spiro atoms. The molecule has 0 saturated carbocycles.